The SMILES string of the molecule is CCOCCn1c(/C=C/c2ccc(OC)cc2)nc2ccccc21. The Morgan fingerprint density at radius 3 is 2.58 bits per heavy atom. The van der Waals surface area contributed by atoms with Crippen molar-refractivity contribution in [2.45, 2.75) is 13.5 Å². The highest BCUT2D eigenvalue weighted by atomic mass is 16.5. The molecule has 4 nitrogen and oxygen atoms in total. The number of ether oxygens (including phenoxy) is 2. The zero-order chi connectivity index (χ0) is 16.8. The van der Waals surface area contributed by atoms with E-state index in [1.807, 2.05) is 55.5 Å². The van der Waals surface area contributed by atoms with Crippen LogP contribution in [0.1, 0.15) is 18.3 Å². The Bertz CT molecular complexity index is 819. The topological polar surface area (TPSA) is 36.3 Å². The van der Waals surface area contributed by atoms with E-state index in [4.69, 9.17) is 14.5 Å². The fourth-order valence-electron chi connectivity index (χ4n) is 2.64. The minimum Gasteiger partial charge on any atom is -0.497 e. The number of rotatable bonds is 7. The van der Waals surface area contributed by atoms with Gasteiger partial charge in [-0.3, -0.25) is 0 Å². The van der Waals surface area contributed by atoms with Gasteiger partial charge in [0.05, 0.1) is 24.8 Å². The Morgan fingerprint density at radius 1 is 1.04 bits per heavy atom. The summed E-state index contributed by atoms with van der Waals surface area (Å²) in [6.45, 7) is 4.21. The van der Waals surface area contributed by atoms with Gasteiger partial charge in [0.25, 0.3) is 0 Å². The molecule has 124 valence electrons. The number of aromatic nitrogens is 2. The van der Waals surface area contributed by atoms with Crippen molar-refractivity contribution in [2.75, 3.05) is 20.3 Å². The second-order valence-corrected chi connectivity index (χ2v) is 5.41. The Morgan fingerprint density at radius 2 is 1.83 bits per heavy atom. The summed E-state index contributed by atoms with van der Waals surface area (Å²) in [4.78, 5) is 4.74. The van der Waals surface area contributed by atoms with E-state index in [0.717, 1.165) is 41.3 Å². The fourth-order valence-corrected chi connectivity index (χ4v) is 2.64. The Balaban J connectivity index is 1.89. The zero-order valence-corrected chi connectivity index (χ0v) is 14.1. The molecular weight excluding hydrogens is 300 g/mol. The molecule has 1 heterocycles. The average Bonchev–Trinajstić information content (AvgIpc) is 2.98. The van der Waals surface area contributed by atoms with Gasteiger partial charge in [-0.2, -0.15) is 0 Å². The second kappa shape index (κ2) is 7.79. The first-order chi connectivity index (χ1) is 11.8. The van der Waals surface area contributed by atoms with Gasteiger partial charge in [-0.1, -0.05) is 30.3 Å². The molecule has 0 bridgehead atoms. The van der Waals surface area contributed by atoms with Crippen molar-refractivity contribution >= 4 is 23.2 Å². The van der Waals surface area contributed by atoms with Crippen molar-refractivity contribution in [3.63, 3.8) is 0 Å². The fraction of sp³-hybridized carbons (Fsp3) is 0.250. The normalized spacial score (nSPS) is 11.4. The Hall–Kier alpha value is -2.59. The molecule has 0 spiro atoms. The van der Waals surface area contributed by atoms with Gasteiger partial charge in [0.1, 0.15) is 11.6 Å². The van der Waals surface area contributed by atoms with Crippen molar-refractivity contribution in [1.82, 2.24) is 9.55 Å². The zero-order valence-electron chi connectivity index (χ0n) is 14.1. The summed E-state index contributed by atoms with van der Waals surface area (Å²) in [7, 11) is 1.67. The van der Waals surface area contributed by atoms with E-state index in [9.17, 15) is 0 Å². The van der Waals surface area contributed by atoms with Gasteiger partial charge in [-0.25, -0.2) is 4.98 Å². The van der Waals surface area contributed by atoms with E-state index in [2.05, 4.69) is 16.7 Å². The molecule has 0 fully saturated rings. The molecule has 0 amide bonds. The van der Waals surface area contributed by atoms with Gasteiger partial charge < -0.3 is 14.0 Å². The molecule has 0 aliphatic rings. The first kappa shape index (κ1) is 16.3. The molecule has 24 heavy (non-hydrogen) atoms. The summed E-state index contributed by atoms with van der Waals surface area (Å²) in [6, 6.07) is 16.2. The van der Waals surface area contributed by atoms with Gasteiger partial charge >= 0.3 is 0 Å². The summed E-state index contributed by atoms with van der Waals surface area (Å²) >= 11 is 0. The van der Waals surface area contributed by atoms with Gasteiger partial charge in [0, 0.05) is 13.2 Å². The van der Waals surface area contributed by atoms with Crippen LogP contribution in [0.5, 0.6) is 5.75 Å². The number of nitrogens with zero attached hydrogens (tertiary/aromatic N) is 2. The van der Waals surface area contributed by atoms with Crippen LogP contribution in [0, 0.1) is 0 Å². The van der Waals surface area contributed by atoms with Gasteiger partial charge in [-0.05, 0) is 42.8 Å². The maximum Gasteiger partial charge on any atom is 0.133 e. The third-order valence-corrected chi connectivity index (χ3v) is 3.89. The molecule has 0 radical (unpaired) electrons. The highest BCUT2D eigenvalue weighted by Gasteiger charge is 2.07. The number of benzene rings is 2. The van der Waals surface area contributed by atoms with E-state index in [1.165, 1.54) is 0 Å². The molecular formula is C20H22N2O2. The van der Waals surface area contributed by atoms with E-state index in [1.54, 1.807) is 7.11 Å². The molecule has 0 aliphatic carbocycles. The number of hydrogen-bond acceptors (Lipinski definition) is 3. The number of para-hydroxylation sites is 2. The maximum atomic E-state index is 5.51. The first-order valence-electron chi connectivity index (χ1n) is 8.17. The third kappa shape index (κ3) is 3.66. The standard InChI is InChI=1S/C20H22N2O2/c1-3-24-15-14-22-19-7-5-4-6-18(19)21-20(22)13-10-16-8-11-17(23-2)12-9-16/h4-13H,3,14-15H2,1-2H3/b13-10+. The molecule has 3 aromatic rings. The lowest BCUT2D eigenvalue weighted by molar-refractivity contribution is 0.139. The van der Waals surface area contributed by atoms with Crippen molar-refractivity contribution in [2.24, 2.45) is 0 Å². The molecule has 3 rings (SSSR count). The van der Waals surface area contributed by atoms with Crippen LogP contribution in [0.4, 0.5) is 0 Å². The number of hydrogen-bond donors (Lipinski definition) is 0. The van der Waals surface area contributed by atoms with E-state index >= 15 is 0 Å². The predicted molar refractivity (Wildman–Crippen MR) is 98.1 cm³/mol. The van der Waals surface area contributed by atoms with Crippen LogP contribution in [0.25, 0.3) is 23.2 Å². The smallest absolute Gasteiger partial charge is 0.133 e. The van der Waals surface area contributed by atoms with Crippen molar-refractivity contribution in [3.8, 4) is 5.75 Å². The lowest BCUT2D eigenvalue weighted by Gasteiger charge is -2.07. The summed E-state index contributed by atoms with van der Waals surface area (Å²) in [5, 5.41) is 0. The predicted octanol–water partition coefficient (Wildman–Crippen LogP) is 4.25. The summed E-state index contributed by atoms with van der Waals surface area (Å²) in [5.74, 6) is 1.79. The van der Waals surface area contributed by atoms with Crippen LogP contribution in [0.15, 0.2) is 48.5 Å². The molecule has 0 atom stereocenters. The minimum atomic E-state index is 0.681. The summed E-state index contributed by atoms with van der Waals surface area (Å²) in [5.41, 5.74) is 3.24. The Kier molecular flexibility index (Phi) is 5.29. The second-order valence-electron chi connectivity index (χ2n) is 5.41. The van der Waals surface area contributed by atoms with Gasteiger partial charge in [0.2, 0.25) is 0 Å². The van der Waals surface area contributed by atoms with Crippen LogP contribution in [0.3, 0.4) is 0 Å². The molecule has 0 aliphatic heterocycles. The van der Waals surface area contributed by atoms with Crippen LogP contribution >= 0.6 is 0 Å². The first-order valence-corrected chi connectivity index (χ1v) is 8.17. The monoisotopic (exact) mass is 322 g/mol. The molecule has 4 heteroatoms. The lowest BCUT2D eigenvalue weighted by Crippen LogP contribution is -2.07. The summed E-state index contributed by atoms with van der Waals surface area (Å²) in [6.07, 6.45) is 4.12. The maximum absolute atomic E-state index is 5.51. The largest absolute Gasteiger partial charge is 0.497 e. The number of fused-ring (bicyclic) bond motifs is 1. The van der Waals surface area contributed by atoms with Crippen LogP contribution in [-0.4, -0.2) is 29.9 Å². The van der Waals surface area contributed by atoms with Crippen LogP contribution in [0.2, 0.25) is 0 Å². The van der Waals surface area contributed by atoms with E-state index in [0.29, 0.717) is 6.61 Å². The Labute approximate surface area is 142 Å². The van der Waals surface area contributed by atoms with Crippen molar-refractivity contribution < 1.29 is 9.47 Å². The third-order valence-electron chi connectivity index (χ3n) is 3.89. The highest BCUT2D eigenvalue weighted by Crippen LogP contribution is 2.19. The molecule has 2 aromatic carbocycles. The van der Waals surface area contributed by atoms with Crippen molar-refractivity contribution in [3.05, 3.63) is 59.9 Å². The van der Waals surface area contributed by atoms with Gasteiger partial charge in [-0.15, -0.1) is 0 Å². The quantitative estimate of drug-likeness (QED) is 0.610. The average molecular weight is 322 g/mol. The van der Waals surface area contributed by atoms with Crippen LogP contribution < -0.4 is 4.74 Å². The van der Waals surface area contributed by atoms with Crippen LogP contribution in [-0.2, 0) is 11.3 Å². The van der Waals surface area contributed by atoms with Gasteiger partial charge in [0.15, 0.2) is 0 Å². The number of methoxy groups -OCH3 is 1. The molecule has 0 N–H and O–H groups in total. The lowest BCUT2D eigenvalue weighted by atomic mass is 10.2. The number of imidazole rings is 1. The molecule has 0 saturated heterocycles. The molecule has 1 aromatic heterocycles. The molecule has 0 saturated carbocycles. The summed E-state index contributed by atoms with van der Waals surface area (Å²) < 4.78 is 12.9. The highest BCUT2D eigenvalue weighted by molar-refractivity contribution is 5.79. The van der Waals surface area contributed by atoms with E-state index < -0.39 is 0 Å². The van der Waals surface area contributed by atoms with E-state index in [-0.39, 0.29) is 0 Å². The van der Waals surface area contributed by atoms with Crippen molar-refractivity contribution in [1.29, 1.82) is 0 Å². The molecule has 0 unspecified atom stereocenters. The minimum absolute atomic E-state index is 0.681.